The number of aromatic hydroxyl groups is 1. The monoisotopic (exact) mass is 971 g/mol. The second-order valence-electron chi connectivity index (χ2n) is 11.7. The fourth-order valence-corrected chi connectivity index (χ4v) is 5.43. The Kier molecular flexibility index (Phi) is 14.5. The molecule has 0 spiro atoms. The van der Waals surface area contributed by atoms with Crippen LogP contribution in [-0.2, 0) is 29.8 Å². The van der Waals surface area contributed by atoms with E-state index in [2.05, 4.69) is 14.2 Å². The predicted octanol–water partition coefficient (Wildman–Crippen LogP) is 6.82. The summed E-state index contributed by atoms with van der Waals surface area (Å²) >= 11 is 0. The van der Waals surface area contributed by atoms with Crippen molar-refractivity contribution in [3.8, 4) is 17.2 Å². The van der Waals surface area contributed by atoms with Crippen LogP contribution in [0.25, 0.3) is 0 Å². The first kappa shape index (κ1) is 52.4. The van der Waals surface area contributed by atoms with Gasteiger partial charge in [0.25, 0.3) is 31.9 Å². The molecule has 0 aliphatic heterocycles. The molecule has 2 rings (SSSR count). The van der Waals surface area contributed by atoms with E-state index < -0.39 is 157 Å². The molecule has 0 saturated heterocycles. The Morgan fingerprint density at radius 1 is 0.656 bits per heavy atom. The summed E-state index contributed by atoms with van der Waals surface area (Å²) in [5.41, 5.74) is -15.4. The lowest BCUT2D eigenvalue weighted by Gasteiger charge is -2.37. The van der Waals surface area contributed by atoms with Gasteiger partial charge in [0.05, 0.1) is 22.1 Å². The van der Waals surface area contributed by atoms with Gasteiger partial charge in [-0.05, 0) is 24.3 Å². The molecule has 2 aromatic rings. The third-order valence-electron chi connectivity index (χ3n) is 7.47. The number of esters is 1. The van der Waals surface area contributed by atoms with Gasteiger partial charge in [-0.15, -0.1) is 0 Å². The minimum atomic E-state index is -6.95. The lowest BCUT2D eigenvalue weighted by atomic mass is 9.96. The highest BCUT2D eigenvalue weighted by Gasteiger charge is 2.74. The van der Waals surface area contributed by atoms with Gasteiger partial charge in [0.15, 0.2) is 11.5 Å². The lowest BCUT2D eigenvalue weighted by Crippen LogP contribution is -2.61. The van der Waals surface area contributed by atoms with Gasteiger partial charge in [-0.2, -0.15) is 95.9 Å². The van der Waals surface area contributed by atoms with Crippen LogP contribution in [0.4, 0.5) is 84.7 Å². The molecule has 0 fully saturated rings. The van der Waals surface area contributed by atoms with Gasteiger partial charge in [0.1, 0.15) is 11.3 Å². The van der Waals surface area contributed by atoms with Crippen molar-refractivity contribution in [2.45, 2.75) is 83.4 Å². The van der Waals surface area contributed by atoms with E-state index in [-0.39, 0.29) is 24.3 Å². The molecule has 2 aromatic carbocycles. The van der Waals surface area contributed by atoms with E-state index in [4.69, 9.17) is 4.55 Å². The maximum atomic E-state index is 14.4. The van der Waals surface area contributed by atoms with Crippen LogP contribution < -0.4 is 14.8 Å². The summed E-state index contributed by atoms with van der Waals surface area (Å²) < 4.78 is 319. The van der Waals surface area contributed by atoms with E-state index in [1.807, 2.05) is 0 Å². The van der Waals surface area contributed by atoms with Gasteiger partial charge in [-0.3, -0.25) is 13.9 Å². The van der Waals surface area contributed by atoms with Crippen LogP contribution in [-0.4, -0.2) is 109 Å². The quantitative estimate of drug-likeness (QED) is 0.0568. The summed E-state index contributed by atoms with van der Waals surface area (Å²) in [5, 5.41) is 20.7. The number of carbonyl (C=O) groups excluding carboxylic acids is 2. The molecular formula is C27H19F18NO13S2. The van der Waals surface area contributed by atoms with Gasteiger partial charge in [-0.1, -0.05) is 0 Å². The highest BCUT2D eigenvalue weighted by molar-refractivity contribution is 7.86. The van der Waals surface area contributed by atoms with Crippen LogP contribution in [0.2, 0.25) is 0 Å². The molecule has 34 heteroatoms. The number of phenolic OH excluding ortho intramolecular Hbond substituents is 1. The average molecular weight is 972 g/mol. The van der Waals surface area contributed by atoms with Crippen LogP contribution in [0.15, 0.2) is 40.1 Å². The van der Waals surface area contributed by atoms with Gasteiger partial charge in [0.2, 0.25) is 5.91 Å². The molecule has 0 saturated carbocycles. The minimum Gasteiger partial charge on any atom is -0.503 e. The van der Waals surface area contributed by atoms with Crippen LogP contribution in [0, 0.1) is 0 Å². The van der Waals surface area contributed by atoms with E-state index in [0.29, 0.717) is 0 Å². The van der Waals surface area contributed by atoms with E-state index in [1.54, 1.807) is 0 Å². The number of alkyl halides is 18. The molecule has 0 atom stereocenters. The number of carbonyl (C=O) groups is 2. The normalized spacial score (nSPS) is 14.2. The number of anilines is 1. The van der Waals surface area contributed by atoms with Crippen LogP contribution >= 0.6 is 0 Å². The van der Waals surface area contributed by atoms with Crippen LogP contribution in [0.5, 0.6) is 17.2 Å². The molecule has 0 aliphatic carbocycles. The third kappa shape index (κ3) is 12.0. The Balaban J connectivity index is 2.67. The number of aliphatic hydroxyl groups is 1. The molecule has 0 aromatic heterocycles. The SMILES string of the molecule is O=C(CCC(O)(C(F)(F)F)C(F)(F)F)Nc1cc(S(=O)(=O)O)cc(OC(CCOC(=O)c2cc(S(=O)(=O)O)ccc2OC(C(F)(F)F)C(F)(F)F)(C(F)(F)F)C(F)(F)F)c1O. The molecule has 14 nitrogen and oxygen atoms in total. The molecule has 0 radical (unpaired) electrons. The number of nitrogens with one attached hydrogen (secondary N) is 1. The lowest BCUT2D eigenvalue weighted by molar-refractivity contribution is -0.369. The van der Waals surface area contributed by atoms with Crippen molar-refractivity contribution in [3.05, 3.63) is 35.9 Å². The second kappa shape index (κ2) is 16.9. The standard InChI is InChI=1S/C27H19F18NO13S2/c28-22(29,30)19(23(31,32)33)58-14-2-1-10(60(51,52)53)7-12(14)18(49)57-6-5-21(26(40,41)42,27(43,44)45)59-15-9-11(61(54,55)56)8-13(17(15)48)46-16(47)3-4-20(50,24(34,35)36)25(37,38)39/h1-2,7-9,19,48,50H,3-6H2,(H,46,47)(H,51,52,53)(H,54,55,56). The number of halogens is 18. The fourth-order valence-electron chi connectivity index (χ4n) is 4.40. The molecular weight excluding hydrogens is 952 g/mol. The molecule has 1 amide bonds. The van der Waals surface area contributed by atoms with Crippen LogP contribution in [0.3, 0.4) is 0 Å². The molecule has 348 valence electrons. The fraction of sp³-hybridized carbons (Fsp3) is 0.481. The van der Waals surface area contributed by atoms with Crippen molar-refractivity contribution in [2.24, 2.45) is 0 Å². The van der Waals surface area contributed by atoms with Gasteiger partial charge >= 0.3 is 48.6 Å². The first-order valence-electron chi connectivity index (χ1n) is 14.8. The Morgan fingerprint density at radius 2 is 1.13 bits per heavy atom. The predicted molar refractivity (Wildman–Crippen MR) is 156 cm³/mol. The average Bonchev–Trinajstić information content (AvgIpc) is 3.02. The van der Waals surface area contributed by atoms with Crippen molar-refractivity contribution in [1.29, 1.82) is 0 Å². The van der Waals surface area contributed by atoms with Gasteiger partial charge < -0.3 is 29.7 Å². The zero-order valence-corrected chi connectivity index (χ0v) is 30.0. The Labute approximate surface area is 325 Å². The summed E-state index contributed by atoms with van der Waals surface area (Å²) in [5.74, 6) is -11.5. The largest absolute Gasteiger partial charge is 0.503 e. The molecule has 5 N–H and O–H groups in total. The molecule has 0 aliphatic rings. The zero-order chi connectivity index (χ0) is 48.0. The number of ether oxygens (including phenoxy) is 3. The summed E-state index contributed by atoms with van der Waals surface area (Å²) in [6, 6.07) is -1.27. The number of phenols is 1. The summed E-state index contributed by atoms with van der Waals surface area (Å²) in [6.45, 7) is -2.42. The van der Waals surface area contributed by atoms with Crippen molar-refractivity contribution < 1.29 is 139 Å². The molecule has 0 bridgehead atoms. The highest BCUT2D eigenvalue weighted by Crippen LogP contribution is 2.51. The van der Waals surface area contributed by atoms with Crippen molar-refractivity contribution in [1.82, 2.24) is 0 Å². The van der Waals surface area contributed by atoms with Crippen LogP contribution in [0.1, 0.15) is 29.6 Å². The van der Waals surface area contributed by atoms with Crippen molar-refractivity contribution >= 4 is 37.8 Å². The minimum absolute atomic E-state index is 0.00612. The molecule has 0 unspecified atom stereocenters. The summed E-state index contributed by atoms with van der Waals surface area (Å²) in [7, 11) is -11.5. The highest BCUT2D eigenvalue weighted by atomic mass is 32.2. The van der Waals surface area contributed by atoms with E-state index in [9.17, 15) is 120 Å². The summed E-state index contributed by atoms with van der Waals surface area (Å²) in [6.07, 6.45) is -52.3. The first-order valence-corrected chi connectivity index (χ1v) is 17.7. The molecule has 0 heterocycles. The Hall–Kier alpha value is -4.70. The zero-order valence-electron chi connectivity index (χ0n) is 28.4. The van der Waals surface area contributed by atoms with E-state index >= 15 is 0 Å². The van der Waals surface area contributed by atoms with E-state index in [0.717, 1.165) is 5.32 Å². The second-order valence-corrected chi connectivity index (χ2v) is 14.6. The number of amides is 1. The number of hydrogen-bond acceptors (Lipinski definition) is 11. The first-order chi connectivity index (χ1) is 26.9. The van der Waals surface area contributed by atoms with Gasteiger partial charge in [-0.25, -0.2) is 4.79 Å². The number of benzene rings is 2. The topological polar surface area (TPSA) is 223 Å². The smallest absolute Gasteiger partial charge is 0.437 e. The van der Waals surface area contributed by atoms with Crippen molar-refractivity contribution in [3.63, 3.8) is 0 Å². The number of hydrogen-bond donors (Lipinski definition) is 5. The molecule has 61 heavy (non-hydrogen) atoms. The van der Waals surface area contributed by atoms with Crippen molar-refractivity contribution in [2.75, 3.05) is 11.9 Å². The maximum Gasteiger partial charge on any atom is 0.437 e. The third-order valence-corrected chi connectivity index (χ3v) is 9.15. The maximum absolute atomic E-state index is 14.4. The Bertz CT molecular complexity index is 2140. The number of rotatable bonds is 14. The summed E-state index contributed by atoms with van der Waals surface area (Å²) in [4.78, 5) is 21.4. The van der Waals surface area contributed by atoms with E-state index in [1.165, 1.54) is 0 Å². The van der Waals surface area contributed by atoms with Gasteiger partial charge in [0, 0.05) is 25.3 Å². The Morgan fingerprint density at radius 3 is 1.54 bits per heavy atom.